The van der Waals surface area contributed by atoms with Crippen LogP contribution < -0.4 is 15.8 Å². The van der Waals surface area contributed by atoms with Crippen molar-refractivity contribution in [3.05, 3.63) is 42.5 Å². The van der Waals surface area contributed by atoms with Crippen LogP contribution in [-0.2, 0) is 6.54 Å². The van der Waals surface area contributed by atoms with Crippen molar-refractivity contribution in [1.82, 2.24) is 19.9 Å². The van der Waals surface area contributed by atoms with Gasteiger partial charge in [0.05, 0.1) is 23.8 Å². The van der Waals surface area contributed by atoms with Crippen LogP contribution in [0.2, 0.25) is 0 Å². The number of aromatic nitrogens is 4. The first kappa shape index (κ1) is 14.8. The van der Waals surface area contributed by atoms with E-state index in [1.807, 2.05) is 0 Å². The summed E-state index contributed by atoms with van der Waals surface area (Å²) in [5.74, 6) is 0.964. The van der Waals surface area contributed by atoms with Crippen LogP contribution in [0.4, 0.5) is 20.4 Å². The number of halogens is 2. The first-order valence-corrected chi connectivity index (χ1v) is 6.62. The largest absolute Gasteiger partial charge is 0.433 e. The Balaban J connectivity index is 1.73. The molecule has 3 N–H and O–H groups in total. The van der Waals surface area contributed by atoms with Crippen LogP contribution in [0.25, 0.3) is 11.0 Å². The van der Waals surface area contributed by atoms with E-state index in [0.29, 0.717) is 29.5 Å². The molecule has 0 aliphatic heterocycles. The summed E-state index contributed by atoms with van der Waals surface area (Å²) >= 11 is 0. The lowest BCUT2D eigenvalue weighted by Crippen LogP contribution is -2.06. The Hall–Kier alpha value is -3.10. The van der Waals surface area contributed by atoms with Crippen molar-refractivity contribution in [3.63, 3.8) is 0 Å². The van der Waals surface area contributed by atoms with Crippen molar-refractivity contribution in [1.29, 1.82) is 0 Å². The summed E-state index contributed by atoms with van der Waals surface area (Å²) in [6.45, 7) is -2.51. The van der Waals surface area contributed by atoms with E-state index in [1.165, 1.54) is 18.6 Å². The van der Waals surface area contributed by atoms with Crippen molar-refractivity contribution >= 4 is 22.7 Å². The van der Waals surface area contributed by atoms with Crippen LogP contribution in [0.5, 0.6) is 5.75 Å². The second kappa shape index (κ2) is 6.34. The number of nitrogen functional groups attached to an aromatic ring is 1. The quantitative estimate of drug-likeness (QED) is 0.744. The Bertz CT molecular complexity index is 812. The highest BCUT2D eigenvalue weighted by atomic mass is 19.3. The molecule has 3 aromatic rings. The molecule has 3 aromatic heterocycles. The number of nitrogens with one attached hydrogen (secondary N) is 1. The number of pyridine rings is 2. The normalized spacial score (nSPS) is 10.9. The number of nitrogens with zero attached hydrogens (tertiary/aromatic N) is 4. The summed E-state index contributed by atoms with van der Waals surface area (Å²) in [4.78, 5) is 16.4. The minimum Gasteiger partial charge on any atom is -0.433 e. The predicted octanol–water partition coefficient (Wildman–Crippen LogP) is 2.22. The van der Waals surface area contributed by atoms with Crippen LogP contribution in [0, 0.1) is 0 Å². The number of hydrogen-bond acceptors (Lipinski definition) is 7. The number of fused-ring (bicyclic) bond motifs is 1. The third-order valence-corrected chi connectivity index (χ3v) is 2.98. The number of ether oxygens (including phenoxy) is 1. The predicted molar refractivity (Wildman–Crippen MR) is 79.9 cm³/mol. The Morgan fingerprint density at radius 2 is 2.00 bits per heavy atom. The number of hydrogen-bond donors (Lipinski definition) is 2. The van der Waals surface area contributed by atoms with Crippen LogP contribution >= 0.6 is 0 Å². The lowest BCUT2D eigenvalue weighted by molar-refractivity contribution is -0.0500. The standard InChI is InChI=1S/C14H12F2N6O/c15-14(16)23-9-2-1-8(18-6-9)5-19-12-10-3-4-11(17)22-13(10)21-7-20-12/h1-4,6-7,14H,5H2,(H3,17,19,20,21,22). The van der Waals surface area contributed by atoms with Crippen molar-refractivity contribution in [3.8, 4) is 5.75 Å². The Morgan fingerprint density at radius 3 is 2.74 bits per heavy atom. The summed E-state index contributed by atoms with van der Waals surface area (Å²) in [5.41, 5.74) is 6.74. The van der Waals surface area contributed by atoms with E-state index in [0.717, 1.165) is 5.39 Å². The van der Waals surface area contributed by atoms with Crippen molar-refractivity contribution in [2.45, 2.75) is 13.2 Å². The van der Waals surface area contributed by atoms with Gasteiger partial charge in [-0.25, -0.2) is 15.0 Å². The molecule has 0 saturated carbocycles. The summed E-state index contributed by atoms with van der Waals surface area (Å²) in [6, 6.07) is 6.44. The number of rotatable bonds is 5. The van der Waals surface area contributed by atoms with Gasteiger partial charge in [0.25, 0.3) is 0 Å². The van der Waals surface area contributed by atoms with Crippen LogP contribution in [0.3, 0.4) is 0 Å². The first-order valence-electron chi connectivity index (χ1n) is 6.62. The lowest BCUT2D eigenvalue weighted by atomic mass is 10.3. The van der Waals surface area contributed by atoms with Gasteiger partial charge in [-0.05, 0) is 24.3 Å². The van der Waals surface area contributed by atoms with Crippen LogP contribution in [0.1, 0.15) is 5.69 Å². The van der Waals surface area contributed by atoms with Crippen molar-refractivity contribution in [2.75, 3.05) is 11.1 Å². The Labute approximate surface area is 129 Å². The Morgan fingerprint density at radius 1 is 1.13 bits per heavy atom. The molecule has 0 atom stereocenters. The third-order valence-electron chi connectivity index (χ3n) is 2.98. The molecule has 0 aliphatic carbocycles. The highest BCUT2D eigenvalue weighted by molar-refractivity contribution is 5.86. The zero-order valence-electron chi connectivity index (χ0n) is 11.8. The molecule has 9 heteroatoms. The van der Waals surface area contributed by atoms with Gasteiger partial charge in [0.1, 0.15) is 23.7 Å². The minimum atomic E-state index is -2.87. The highest BCUT2D eigenvalue weighted by Crippen LogP contribution is 2.19. The molecule has 118 valence electrons. The van der Waals surface area contributed by atoms with E-state index >= 15 is 0 Å². The molecule has 0 unspecified atom stereocenters. The zero-order chi connectivity index (χ0) is 16.2. The maximum atomic E-state index is 12.1. The van der Waals surface area contributed by atoms with E-state index < -0.39 is 6.61 Å². The molecule has 0 amide bonds. The molecule has 7 nitrogen and oxygen atoms in total. The highest BCUT2D eigenvalue weighted by Gasteiger charge is 2.07. The molecule has 0 radical (unpaired) electrons. The van der Waals surface area contributed by atoms with Crippen molar-refractivity contribution < 1.29 is 13.5 Å². The molecular formula is C14H12F2N6O. The van der Waals surface area contributed by atoms with E-state index in [4.69, 9.17) is 5.73 Å². The smallest absolute Gasteiger partial charge is 0.387 e. The molecule has 0 saturated heterocycles. The average molecular weight is 318 g/mol. The van der Waals surface area contributed by atoms with Gasteiger partial charge < -0.3 is 15.8 Å². The maximum absolute atomic E-state index is 12.1. The topological polar surface area (TPSA) is 98.8 Å². The van der Waals surface area contributed by atoms with E-state index in [2.05, 4.69) is 30.0 Å². The molecule has 0 spiro atoms. The van der Waals surface area contributed by atoms with E-state index in [9.17, 15) is 8.78 Å². The van der Waals surface area contributed by atoms with Crippen molar-refractivity contribution in [2.24, 2.45) is 0 Å². The van der Waals surface area contributed by atoms with E-state index in [-0.39, 0.29) is 5.75 Å². The molecular weight excluding hydrogens is 306 g/mol. The SMILES string of the molecule is Nc1ccc2c(NCc3ccc(OC(F)F)cn3)ncnc2n1. The molecule has 0 fully saturated rings. The van der Waals surface area contributed by atoms with Gasteiger partial charge in [-0.2, -0.15) is 8.78 Å². The van der Waals surface area contributed by atoms with Crippen LogP contribution in [0.15, 0.2) is 36.8 Å². The second-order valence-corrected chi connectivity index (χ2v) is 4.55. The van der Waals surface area contributed by atoms with Crippen LogP contribution in [-0.4, -0.2) is 26.5 Å². The van der Waals surface area contributed by atoms with Gasteiger partial charge in [-0.1, -0.05) is 0 Å². The summed E-state index contributed by atoms with van der Waals surface area (Å²) in [7, 11) is 0. The Kier molecular flexibility index (Phi) is 4.09. The molecule has 0 aromatic carbocycles. The molecule has 0 aliphatic rings. The molecule has 0 bridgehead atoms. The van der Waals surface area contributed by atoms with Gasteiger partial charge in [-0.15, -0.1) is 0 Å². The third kappa shape index (κ3) is 3.57. The zero-order valence-corrected chi connectivity index (χ0v) is 11.8. The summed E-state index contributed by atoms with van der Waals surface area (Å²) < 4.78 is 28.4. The monoisotopic (exact) mass is 318 g/mol. The molecule has 3 heterocycles. The first-order chi connectivity index (χ1) is 11.1. The molecule has 3 rings (SSSR count). The van der Waals surface area contributed by atoms with E-state index in [1.54, 1.807) is 18.2 Å². The summed E-state index contributed by atoms with van der Waals surface area (Å²) in [6.07, 6.45) is 2.62. The lowest BCUT2D eigenvalue weighted by Gasteiger charge is -2.08. The number of alkyl halides is 2. The fourth-order valence-electron chi connectivity index (χ4n) is 1.96. The second-order valence-electron chi connectivity index (χ2n) is 4.55. The maximum Gasteiger partial charge on any atom is 0.387 e. The molecule has 23 heavy (non-hydrogen) atoms. The van der Waals surface area contributed by atoms with Gasteiger partial charge in [0.15, 0.2) is 5.65 Å². The minimum absolute atomic E-state index is 0.0101. The summed E-state index contributed by atoms with van der Waals surface area (Å²) in [5, 5.41) is 3.82. The fourth-order valence-corrected chi connectivity index (χ4v) is 1.96. The van der Waals surface area contributed by atoms with Gasteiger partial charge >= 0.3 is 6.61 Å². The van der Waals surface area contributed by atoms with Gasteiger partial charge in [0.2, 0.25) is 0 Å². The van der Waals surface area contributed by atoms with Gasteiger partial charge in [0, 0.05) is 0 Å². The fraction of sp³-hybridized carbons (Fsp3) is 0.143. The number of nitrogens with two attached hydrogens (primary N) is 1. The van der Waals surface area contributed by atoms with Gasteiger partial charge in [-0.3, -0.25) is 4.98 Å². The number of anilines is 2. The average Bonchev–Trinajstić information content (AvgIpc) is 2.53.